The van der Waals surface area contributed by atoms with Crippen molar-refractivity contribution in [3.63, 3.8) is 0 Å². The number of carbonyl (C=O) groups is 2. The van der Waals surface area contributed by atoms with Gasteiger partial charge in [0.05, 0.1) is 12.2 Å². The summed E-state index contributed by atoms with van der Waals surface area (Å²) in [4.78, 5) is 27.0. The van der Waals surface area contributed by atoms with Gasteiger partial charge in [-0.3, -0.25) is 4.79 Å². The smallest absolute Gasteiger partial charge is 0.341 e. The van der Waals surface area contributed by atoms with E-state index in [1.807, 2.05) is 0 Å². The largest absolute Gasteiger partial charge is 0.462 e. The fraction of sp³-hybridized carbons (Fsp3) is 0.524. The molecule has 0 saturated carbocycles. The number of amides is 1. The molecule has 4 rings (SSSR count). The molecule has 1 aliphatic carbocycles. The summed E-state index contributed by atoms with van der Waals surface area (Å²) in [5, 5.41) is 5.09. The first-order chi connectivity index (χ1) is 14.9. The van der Waals surface area contributed by atoms with Crippen LogP contribution in [-0.2, 0) is 32.4 Å². The zero-order valence-corrected chi connectivity index (χ0v) is 19.8. The molecule has 1 saturated heterocycles. The molecule has 0 bridgehead atoms. The monoisotopic (exact) mass is 482 g/mol. The molecule has 0 spiro atoms. The number of sulfonamides is 1. The average Bonchev–Trinajstić information content (AvgIpc) is 3.46. The predicted octanol–water partition coefficient (Wildman–Crippen LogP) is 4.05. The van der Waals surface area contributed by atoms with Crippen LogP contribution < -0.4 is 5.32 Å². The van der Waals surface area contributed by atoms with Gasteiger partial charge < -0.3 is 10.1 Å². The van der Waals surface area contributed by atoms with Gasteiger partial charge in [0.2, 0.25) is 5.91 Å². The second kappa shape index (κ2) is 9.40. The second-order valence-electron chi connectivity index (χ2n) is 7.68. The zero-order valence-electron chi connectivity index (χ0n) is 17.4. The highest BCUT2D eigenvalue weighted by molar-refractivity contribution is 7.91. The lowest BCUT2D eigenvalue weighted by atomic mass is 10.1. The van der Waals surface area contributed by atoms with Gasteiger partial charge in [0.25, 0.3) is 10.0 Å². The summed E-state index contributed by atoms with van der Waals surface area (Å²) in [7, 11) is -3.72. The Bertz CT molecular complexity index is 1060. The van der Waals surface area contributed by atoms with Gasteiger partial charge in [-0.25, -0.2) is 13.2 Å². The third-order valence-corrected chi connectivity index (χ3v) is 10.2. The minimum atomic E-state index is -3.72. The van der Waals surface area contributed by atoms with Crippen LogP contribution in [0.2, 0.25) is 0 Å². The van der Waals surface area contributed by atoms with Crippen molar-refractivity contribution in [1.29, 1.82) is 0 Å². The Balaban J connectivity index is 1.61. The van der Waals surface area contributed by atoms with Crippen molar-refractivity contribution in [2.45, 2.75) is 62.1 Å². The van der Waals surface area contributed by atoms with E-state index < -0.39 is 22.0 Å². The number of nitrogens with one attached hydrogen (secondary N) is 1. The van der Waals surface area contributed by atoms with E-state index in [0.717, 1.165) is 53.9 Å². The minimum absolute atomic E-state index is 0.238. The summed E-state index contributed by atoms with van der Waals surface area (Å²) < 4.78 is 32.8. The van der Waals surface area contributed by atoms with Crippen LogP contribution in [0.5, 0.6) is 0 Å². The lowest BCUT2D eigenvalue weighted by molar-refractivity contribution is -0.119. The minimum Gasteiger partial charge on any atom is -0.462 e. The highest BCUT2D eigenvalue weighted by Gasteiger charge is 2.40. The number of nitrogens with zero attached hydrogens (tertiary/aromatic N) is 1. The molecule has 0 aromatic carbocycles. The summed E-state index contributed by atoms with van der Waals surface area (Å²) in [5.41, 5.74) is 1.42. The maximum Gasteiger partial charge on any atom is 0.341 e. The molecule has 7 nitrogen and oxygen atoms in total. The van der Waals surface area contributed by atoms with Crippen LogP contribution in [0, 0.1) is 0 Å². The first-order valence-corrected chi connectivity index (χ1v) is 13.7. The Morgan fingerprint density at radius 1 is 1.23 bits per heavy atom. The average molecular weight is 483 g/mol. The molecule has 1 amide bonds. The van der Waals surface area contributed by atoms with E-state index in [1.54, 1.807) is 24.4 Å². The van der Waals surface area contributed by atoms with Gasteiger partial charge in [-0.1, -0.05) is 12.5 Å². The molecule has 1 N–H and O–H groups in total. The first kappa shape index (κ1) is 22.4. The molecule has 2 aromatic heterocycles. The molecule has 2 aromatic rings. The second-order valence-corrected chi connectivity index (χ2v) is 11.9. The number of hydrogen-bond acceptors (Lipinski definition) is 7. The van der Waals surface area contributed by atoms with Crippen LogP contribution in [0.15, 0.2) is 21.7 Å². The van der Waals surface area contributed by atoms with Gasteiger partial charge in [0.15, 0.2) is 0 Å². The van der Waals surface area contributed by atoms with E-state index in [-0.39, 0.29) is 16.7 Å². The molecule has 31 heavy (non-hydrogen) atoms. The Morgan fingerprint density at radius 3 is 2.77 bits per heavy atom. The third-order valence-electron chi connectivity index (χ3n) is 5.70. The molecule has 1 aliphatic heterocycles. The topological polar surface area (TPSA) is 92.8 Å². The lowest BCUT2D eigenvalue weighted by Gasteiger charge is -2.22. The highest BCUT2D eigenvalue weighted by atomic mass is 32.2. The molecule has 0 radical (unpaired) electrons. The Kier molecular flexibility index (Phi) is 6.80. The Morgan fingerprint density at radius 2 is 2.03 bits per heavy atom. The highest BCUT2D eigenvalue weighted by Crippen LogP contribution is 2.39. The lowest BCUT2D eigenvalue weighted by Crippen LogP contribution is -2.42. The number of ether oxygens (including phenoxy) is 1. The van der Waals surface area contributed by atoms with Crippen molar-refractivity contribution in [2.24, 2.45) is 0 Å². The molecule has 1 atom stereocenters. The number of esters is 1. The van der Waals surface area contributed by atoms with Crippen LogP contribution in [-0.4, -0.2) is 43.8 Å². The van der Waals surface area contributed by atoms with Crippen molar-refractivity contribution in [3.05, 3.63) is 33.5 Å². The molecule has 10 heteroatoms. The number of rotatable bonds is 6. The maximum atomic E-state index is 13.2. The molecule has 1 unspecified atom stereocenters. The number of carbonyl (C=O) groups excluding carboxylic acids is 2. The molecular weight excluding hydrogens is 456 g/mol. The first-order valence-electron chi connectivity index (χ1n) is 10.6. The number of hydrogen-bond donors (Lipinski definition) is 1. The van der Waals surface area contributed by atoms with Gasteiger partial charge in [-0.2, -0.15) is 4.31 Å². The summed E-state index contributed by atoms with van der Waals surface area (Å²) >= 11 is 2.57. The summed E-state index contributed by atoms with van der Waals surface area (Å²) in [6, 6.07) is 2.46. The number of aryl methyl sites for hydroxylation is 1. The van der Waals surface area contributed by atoms with Gasteiger partial charge >= 0.3 is 5.97 Å². The van der Waals surface area contributed by atoms with Gasteiger partial charge in [0, 0.05) is 11.4 Å². The van der Waals surface area contributed by atoms with E-state index in [2.05, 4.69) is 5.32 Å². The quantitative estimate of drug-likeness (QED) is 0.495. The summed E-state index contributed by atoms with van der Waals surface area (Å²) in [6.07, 6.45) is 5.91. The van der Waals surface area contributed by atoms with Crippen molar-refractivity contribution in [1.82, 2.24) is 4.31 Å². The fourth-order valence-electron chi connectivity index (χ4n) is 4.26. The molecule has 3 heterocycles. The van der Waals surface area contributed by atoms with Crippen LogP contribution in [0.1, 0.15) is 59.8 Å². The van der Waals surface area contributed by atoms with E-state index in [4.69, 9.17) is 4.74 Å². The van der Waals surface area contributed by atoms with E-state index in [0.29, 0.717) is 30.0 Å². The molecule has 168 valence electrons. The van der Waals surface area contributed by atoms with Crippen LogP contribution >= 0.6 is 22.7 Å². The van der Waals surface area contributed by atoms with Gasteiger partial charge in [-0.15, -0.1) is 22.7 Å². The number of anilines is 1. The number of fused-ring (bicyclic) bond motifs is 1. The summed E-state index contributed by atoms with van der Waals surface area (Å²) in [5.74, 6) is -0.814. The van der Waals surface area contributed by atoms with Crippen LogP contribution in [0.3, 0.4) is 0 Å². The standard InChI is InChI=1S/C21H26N2O5S3/c1-2-28-21(25)18-14-8-4-3-5-10-16(14)30-20(18)22-19(24)15-9-6-12-23(15)31(26,27)17-11-7-13-29-17/h7,11,13,15H,2-6,8-10,12H2,1H3,(H,22,24). The van der Waals surface area contributed by atoms with Crippen molar-refractivity contribution in [3.8, 4) is 0 Å². The van der Waals surface area contributed by atoms with E-state index >= 15 is 0 Å². The molecule has 1 fully saturated rings. The maximum absolute atomic E-state index is 13.2. The van der Waals surface area contributed by atoms with Crippen molar-refractivity contribution < 1.29 is 22.7 Å². The normalized spacial score (nSPS) is 19.6. The predicted molar refractivity (Wildman–Crippen MR) is 121 cm³/mol. The third kappa shape index (κ3) is 4.44. The Hall–Kier alpha value is -1.75. The van der Waals surface area contributed by atoms with E-state index in [1.165, 1.54) is 15.6 Å². The van der Waals surface area contributed by atoms with E-state index in [9.17, 15) is 18.0 Å². The summed E-state index contributed by atoms with van der Waals surface area (Å²) in [6.45, 7) is 2.32. The van der Waals surface area contributed by atoms with Crippen LogP contribution in [0.4, 0.5) is 5.00 Å². The molecular formula is C21H26N2O5S3. The number of thiophene rings is 2. The van der Waals surface area contributed by atoms with Crippen molar-refractivity contribution in [2.75, 3.05) is 18.5 Å². The van der Waals surface area contributed by atoms with Gasteiger partial charge in [0.1, 0.15) is 15.3 Å². The molecule has 2 aliphatic rings. The van der Waals surface area contributed by atoms with Crippen LogP contribution in [0.25, 0.3) is 0 Å². The van der Waals surface area contributed by atoms with Gasteiger partial charge in [-0.05, 0) is 62.5 Å². The zero-order chi connectivity index (χ0) is 22.0. The fourth-order valence-corrected chi connectivity index (χ4v) is 8.32. The van der Waals surface area contributed by atoms with Crippen molar-refractivity contribution >= 4 is 49.6 Å². The Labute approximate surface area is 190 Å². The SMILES string of the molecule is CCOC(=O)c1c(NC(=O)C2CCCN2S(=O)(=O)c2cccs2)sc2c1CCCCC2.